The molecule has 0 N–H and O–H groups in total. The number of ether oxygens (including phenoxy) is 1. The monoisotopic (exact) mass is 228 g/mol. The van der Waals surface area contributed by atoms with Crippen molar-refractivity contribution in [3.8, 4) is 5.75 Å². The predicted molar refractivity (Wildman–Crippen MR) is 66.2 cm³/mol. The smallest absolute Gasteiger partial charge is 0.166 e. The third-order valence-electron chi connectivity index (χ3n) is 3.63. The molecule has 1 aliphatic heterocycles. The Morgan fingerprint density at radius 3 is 3.00 bits per heavy atom. The van der Waals surface area contributed by atoms with Crippen molar-refractivity contribution in [1.82, 2.24) is 0 Å². The minimum Gasteiger partial charge on any atom is -0.493 e. The van der Waals surface area contributed by atoms with Crippen molar-refractivity contribution in [1.29, 1.82) is 0 Å². The third-order valence-corrected chi connectivity index (χ3v) is 3.63. The Kier molecular flexibility index (Phi) is 2.71. The second-order valence-corrected chi connectivity index (χ2v) is 4.71. The molecule has 1 atom stereocenters. The van der Waals surface area contributed by atoms with Gasteiger partial charge in [0, 0.05) is 5.56 Å². The summed E-state index contributed by atoms with van der Waals surface area (Å²) < 4.78 is 5.59. The first kappa shape index (κ1) is 10.6. The molecule has 2 nitrogen and oxygen atoms in total. The van der Waals surface area contributed by atoms with E-state index in [1.54, 1.807) is 0 Å². The number of carbonyl (C=O) groups excluding carboxylic acids is 1. The molecule has 2 aliphatic rings. The van der Waals surface area contributed by atoms with Gasteiger partial charge < -0.3 is 4.74 Å². The zero-order chi connectivity index (χ0) is 11.7. The number of Topliss-reactive ketones (excluding diaryl/α,β-unsaturated/α-hetero) is 1. The molecule has 0 aromatic heterocycles. The summed E-state index contributed by atoms with van der Waals surface area (Å²) in [7, 11) is 0. The molecule has 0 spiro atoms. The Balaban J connectivity index is 1.92. The van der Waals surface area contributed by atoms with Gasteiger partial charge >= 0.3 is 0 Å². The predicted octanol–water partition coefficient (Wildman–Crippen LogP) is 3.23. The van der Waals surface area contributed by atoms with E-state index in [0.29, 0.717) is 12.4 Å². The van der Waals surface area contributed by atoms with Crippen LogP contribution in [0.25, 0.3) is 0 Å². The number of para-hydroxylation sites is 1. The van der Waals surface area contributed by atoms with Crippen molar-refractivity contribution < 1.29 is 9.53 Å². The number of hydrogen-bond acceptors (Lipinski definition) is 2. The van der Waals surface area contributed by atoms with E-state index in [4.69, 9.17) is 4.74 Å². The van der Waals surface area contributed by atoms with Gasteiger partial charge in [0.1, 0.15) is 5.75 Å². The zero-order valence-electron chi connectivity index (χ0n) is 9.82. The number of carbonyl (C=O) groups is 1. The van der Waals surface area contributed by atoms with E-state index in [2.05, 4.69) is 6.08 Å². The van der Waals surface area contributed by atoms with Gasteiger partial charge in [-0.2, -0.15) is 0 Å². The van der Waals surface area contributed by atoms with Crippen molar-refractivity contribution in [2.75, 3.05) is 6.61 Å². The van der Waals surface area contributed by atoms with Crippen molar-refractivity contribution in [2.45, 2.75) is 31.6 Å². The normalized spacial score (nSPS) is 22.6. The van der Waals surface area contributed by atoms with Crippen molar-refractivity contribution in [3.63, 3.8) is 0 Å². The second-order valence-electron chi connectivity index (χ2n) is 4.71. The third kappa shape index (κ3) is 1.88. The van der Waals surface area contributed by atoms with Crippen LogP contribution >= 0.6 is 0 Å². The number of hydrogen-bond donors (Lipinski definition) is 0. The van der Waals surface area contributed by atoms with E-state index in [0.717, 1.165) is 42.6 Å². The highest BCUT2D eigenvalue weighted by molar-refractivity contribution is 6.01. The van der Waals surface area contributed by atoms with Gasteiger partial charge in [0.2, 0.25) is 0 Å². The standard InChI is InChI=1S/C15H16O2/c16-15(11-5-1-2-6-11)13-9-10-17-14-8-4-3-7-12(13)14/h3-5,7-8,13H,1-2,6,9-10H2. The molecule has 1 heterocycles. The van der Waals surface area contributed by atoms with Crippen LogP contribution in [-0.2, 0) is 4.79 Å². The molecule has 88 valence electrons. The largest absolute Gasteiger partial charge is 0.493 e. The Morgan fingerprint density at radius 1 is 1.29 bits per heavy atom. The fourth-order valence-electron chi connectivity index (χ4n) is 2.73. The fourth-order valence-corrected chi connectivity index (χ4v) is 2.73. The first-order valence-corrected chi connectivity index (χ1v) is 6.31. The van der Waals surface area contributed by atoms with Crippen LogP contribution < -0.4 is 4.74 Å². The van der Waals surface area contributed by atoms with Gasteiger partial charge in [0.15, 0.2) is 5.78 Å². The van der Waals surface area contributed by atoms with Crippen molar-refractivity contribution in [3.05, 3.63) is 41.5 Å². The highest BCUT2D eigenvalue weighted by Crippen LogP contribution is 2.36. The number of benzene rings is 1. The second kappa shape index (κ2) is 4.36. The first-order valence-electron chi connectivity index (χ1n) is 6.31. The lowest BCUT2D eigenvalue weighted by Crippen LogP contribution is -2.22. The number of ketones is 1. The van der Waals surface area contributed by atoms with E-state index in [1.807, 2.05) is 24.3 Å². The average Bonchev–Trinajstić information content (AvgIpc) is 2.91. The molecule has 1 aliphatic carbocycles. The highest BCUT2D eigenvalue weighted by atomic mass is 16.5. The zero-order valence-corrected chi connectivity index (χ0v) is 9.82. The molecular formula is C15H16O2. The molecule has 2 heteroatoms. The Hall–Kier alpha value is -1.57. The lowest BCUT2D eigenvalue weighted by atomic mass is 9.86. The Bertz CT molecular complexity index is 474. The van der Waals surface area contributed by atoms with Crippen LogP contribution in [0.3, 0.4) is 0 Å². The molecule has 0 radical (unpaired) electrons. The number of rotatable bonds is 2. The molecule has 17 heavy (non-hydrogen) atoms. The summed E-state index contributed by atoms with van der Waals surface area (Å²) in [6.45, 7) is 0.653. The molecule has 0 fully saturated rings. The van der Waals surface area contributed by atoms with Crippen LogP contribution in [0.2, 0.25) is 0 Å². The summed E-state index contributed by atoms with van der Waals surface area (Å²) in [6, 6.07) is 7.92. The lowest BCUT2D eigenvalue weighted by molar-refractivity contribution is -0.117. The van der Waals surface area contributed by atoms with Crippen molar-refractivity contribution >= 4 is 5.78 Å². The average molecular weight is 228 g/mol. The lowest BCUT2D eigenvalue weighted by Gasteiger charge is -2.25. The van der Waals surface area contributed by atoms with Crippen LogP contribution in [0.4, 0.5) is 0 Å². The summed E-state index contributed by atoms with van der Waals surface area (Å²) in [5.74, 6) is 1.22. The summed E-state index contributed by atoms with van der Waals surface area (Å²) >= 11 is 0. The summed E-state index contributed by atoms with van der Waals surface area (Å²) in [4.78, 5) is 12.4. The molecular weight excluding hydrogens is 212 g/mol. The van der Waals surface area contributed by atoms with E-state index >= 15 is 0 Å². The van der Waals surface area contributed by atoms with Gasteiger partial charge in [-0.3, -0.25) is 4.79 Å². The molecule has 0 bridgehead atoms. The van der Waals surface area contributed by atoms with Gasteiger partial charge in [-0.1, -0.05) is 24.3 Å². The molecule has 0 saturated heterocycles. The van der Waals surface area contributed by atoms with Gasteiger partial charge in [-0.15, -0.1) is 0 Å². The molecule has 0 saturated carbocycles. The number of allylic oxidation sites excluding steroid dienone is 2. The van der Waals surface area contributed by atoms with Crippen LogP contribution in [0, 0.1) is 0 Å². The van der Waals surface area contributed by atoms with Gasteiger partial charge in [0.25, 0.3) is 0 Å². The maximum Gasteiger partial charge on any atom is 0.166 e. The minimum atomic E-state index is 0.0179. The van der Waals surface area contributed by atoms with E-state index in [-0.39, 0.29) is 5.92 Å². The summed E-state index contributed by atoms with van der Waals surface area (Å²) in [6.07, 6.45) is 6.07. The topological polar surface area (TPSA) is 26.3 Å². The number of fused-ring (bicyclic) bond motifs is 1. The van der Waals surface area contributed by atoms with Gasteiger partial charge in [-0.25, -0.2) is 0 Å². The first-order chi connectivity index (χ1) is 8.36. The van der Waals surface area contributed by atoms with Crippen molar-refractivity contribution in [2.24, 2.45) is 0 Å². The Labute approximate surface area is 101 Å². The van der Waals surface area contributed by atoms with E-state index in [9.17, 15) is 4.79 Å². The molecule has 0 amide bonds. The molecule has 1 aromatic rings. The molecule has 1 unspecified atom stereocenters. The van der Waals surface area contributed by atoms with Crippen LogP contribution in [0.1, 0.15) is 37.2 Å². The van der Waals surface area contributed by atoms with Crippen LogP contribution in [-0.4, -0.2) is 12.4 Å². The maximum absolute atomic E-state index is 12.4. The minimum absolute atomic E-state index is 0.0179. The summed E-state index contributed by atoms with van der Waals surface area (Å²) in [5.41, 5.74) is 2.10. The van der Waals surface area contributed by atoms with E-state index in [1.165, 1.54) is 0 Å². The summed E-state index contributed by atoms with van der Waals surface area (Å²) in [5, 5.41) is 0. The quantitative estimate of drug-likeness (QED) is 0.776. The van der Waals surface area contributed by atoms with Gasteiger partial charge in [0.05, 0.1) is 12.5 Å². The Morgan fingerprint density at radius 2 is 2.18 bits per heavy atom. The molecule has 1 aromatic carbocycles. The fraction of sp³-hybridized carbons (Fsp3) is 0.400. The molecule has 3 rings (SSSR count). The SMILES string of the molecule is O=C(C1=CCCC1)C1CCOc2ccccc21. The van der Waals surface area contributed by atoms with Crippen LogP contribution in [0.5, 0.6) is 5.75 Å². The highest BCUT2D eigenvalue weighted by Gasteiger charge is 2.29. The maximum atomic E-state index is 12.4. The van der Waals surface area contributed by atoms with E-state index < -0.39 is 0 Å². The van der Waals surface area contributed by atoms with Crippen LogP contribution in [0.15, 0.2) is 35.9 Å². The van der Waals surface area contributed by atoms with Gasteiger partial charge in [-0.05, 0) is 37.3 Å².